The van der Waals surface area contributed by atoms with E-state index in [0.717, 1.165) is 9.05 Å². The standard InChI is InChI=1S/C5H3BrN4S/c6-4-8-9-5(11-4)10-3-1-2-7-10/h1-3H. The van der Waals surface area contributed by atoms with Gasteiger partial charge >= 0.3 is 0 Å². The molecule has 0 aliphatic carbocycles. The number of nitrogens with zero attached hydrogens (tertiary/aromatic N) is 4. The van der Waals surface area contributed by atoms with E-state index in [1.165, 1.54) is 11.3 Å². The van der Waals surface area contributed by atoms with Gasteiger partial charge in [0.2, 0.25) is 5.13 Å². The zero-order valence-corrected chi connectivity index (χ0v) is 7.71. The van der Waals surface area contributed by atoms with Crippen LogP contribution in [0, 0.1) is 0 Å². The molecule has 2 aromatic rings. The van der Waals surface area contributed by atoms with Gasteiger partial charge in [-0.1, -0.05) is 11.3 Å². The molecule has 2 aromatic heterocycles. The fourth-order valence-corrected chi connectivity index (χ4v) is 1.70. The molecule has 2 heterocycles. The Hall–Kier alpha value is -0.750. The third kappa shape index (κ3) is 1.31. The van der Waals surface area contributed by atoms with Gasteiger partial charge in [-0.05, 0) is 22.0 Å². The highest BCUT2D eigenvalue weighted by atomic mass is 79.9. The number of hydrogen-bond acceptors (Lipinski definition) is 4. The molecule has 0 aromatic carbocycles. The van der Waals surface area contributed by atoms with Crippen LogP contribution in [0.15, 0.2) is 22.4 Å². The molecule has 0 saturated heterocycles. The topological polar surface area (TPSA) is 43.6 Å². The zero-order valence-electron chi connectivity index (χ0n) is 5.31. The van der Waals surface area contributed by atoms with Gasteiger partial charge in [0.1, 0.15) is 0 Å². The molecule has 0 unspecified atom stereocenters. The monoisotopic (exact) mass is 230 g/mol. The van der Waals surface area contributed by atoms with E-state index in [1.807, 2.05) is 12.3 Å². The van der Waals surface area contributed by atoms with Gasteiger partial charge in [-0.25, -0.2) is 4.68 Å². The molecule has 0 aliphatic rings. The maximum Gasteiger partial charge on any atom is 0.233 e. The van der Waals surface area contributed by atoms with Gasteiger partial charge in [-0.3, -0.25) is 0 Å². The maximum atomic E-state index is 4.00. The number of halogens is 1. The molecule has 0 N–H and O–H groups in total. The van der Waals surface area contributed by atoms with Gasteiger partial charge in [0.05, 0.1) is 0 Å². The molecule has 56 valence electrons. The second-order valence-electron chi connectivity index (χ2n) is 1.79. The molecular formula is C5H3BrN4S. The molecule has 0 atom stereocenters. The summed E-state index contributed by atoms with van der Waals surface area (Å²) < 4.78 is 2.44. The summed E-state index contributed by atoms with van der Waals surface area (Å²) in [5.41, 5.74) is 0. The van der Waals surface area contributed by atoms with Gasteiger partial charge in [-0.2, -0.15) is 5.10 Å². The van der Waals surface area contributed by atoms with E-state index in [9.17, 15) is 0 Å². The second kappa shape index (κ2) is 2.71. The van der Waals surface area contributed by atoms with Crippen molar-refractivity contribution in [2.75, 3.05) is 0 Å². The lowest BCUT2D eigenvalue weighted by Gasteiger charge is -1.88. The van der Waals surface area contributed by atoms with Crippen molar-refractivity contribution in [3.63, 3.8) is 0 Å². The quantitative estimate of drug-likeness (QED) is 0.746. The summed E-state index contributed by atoms with van der Waals surface area (Å²) in [5, 5.41) is 12.4. The van der Waals surface area contributed by atoms with Crippen LogP contribution in [0.2, 0.25) is 0 Å². The largest absolute Gasteiger partial charge is 0.233 e. The third-order valence-corrected chi connectivity index (χ3v) is 2.44. The Morgan fingerprint density at radius 3 is 2.91 bits per heavy atom. The van der Waals surface area contributed by atoms with Crippen molar-refractivity contribution in [1.29, 1.82) is 0 Å². The Balaban J connectivity index is 2.45. The first-order valence-corrected chi connectivity index (χ1v) is 4.46. The molecule has 0 saturated carbocycles. The van der Waals surface area contributed by atoms with Crippen molar-refractivity contribution in [2.24, 2.45) is 0 Å². The number of hydrogen-bond donors (Lipinski definition) is 0. The first-order valence-electron chi connectivity index (χ1n) is 2.85. The number of rotatable bonds is 1. The van der Waals surface area contributed by atoms with Crippen molar-refractivity contribution in [2.45, 2.75) is 0 Å². The molecule has 4 nitrogen and oxygen atoms in total. The van der Waals surface area contributed by atoms with Gasteiger partial charge in [-0.15, -0.1) is 10.2 Å². The smallest absolute Gasteiger partial charge is 0.212 e. The Labute approximate surface area is 75.0 Å². The zero-order chi connectivity index (χ0) is 7.68. The summed E-state index contributed by atoms with van der Waals surface area (Å²) >= 11 is 4.66. The lowest BCUT2D eigenvalue weighted by molar-refractivity contribution is 0.845. The van der Waals surface area contributed by atoms with Crippen molar-refractivity contribution < 1.29 is 0 Å². The third-order valence-electron chi connectivity index (χ3n) is 1.09. The minimum Gasteiger partial charge on any atom is -0.212 e. The lowest BCUT2D eigenvalue weighted by atomic mass is 10.8. The van der Waals surface area contributed by atoms with Crippen LogP contribution < -0.4 is 0 Å². The van der Waals surface area contributed by atoms with E-state index < -0.39 is 0 Å². The summed E-state index contributed by atoms with van der Waals surface area (Å²) in [6, 6.07) is 1.84. The van der Waals surface area contributed by atoms with E-state index in [-0.39, 0.29) is 0 Å². The van der Waals surface area contributed by atoms with Crippen molar-refractivity contribution in [1.82, 2.24) is 20.0 Å². The fraction of sp³-hybridized carbons (Fsp3) is 0. The first kappa shape index (κ1) is 6.93. The average molecular weight is 231 g/mol. The molecule has 6 heteroatoms. The minimum atomic E-state index is 0.766. The van der Waals surface area contributed by atoms with Crippen molar-refractivity contribution >= 4 is 27.3 Å². The average Bonchev–Trinajstić information content (AvgIpc) is 2.55. The summed E-state index contributed by atoms with van der Waals surface area (Å²) in [6.45, 7) is 0. The SMILES string of the molecule is Brc1nnc(-n2cccn2)s1. The van der Waals surface area contributed by atoms with Crippen LogP contribution in [0.4, 0.5) is 0 Å². The lowest BCUT2D eigenvalue weighted by Crippen LogP contribution is -1.92. The molecule has 0 fully saturated rings. The van der Waals surface area contributed by atoms with Gasteiger partial charge in [0.25, 0.3) is 0 Å². The Morgan fingerprint density at radius 2 is 2.36 bits per heavy atom. The number of aromatic nitrogens is 4. The van der Waals surface area contributed by atoms with E-state index in [1.54, 1.807) is 10.9 Å². The Morgan fingerprint density at radius 1 is 1.45 bits per heavy atom. The molecule has 0 aliphatic heterocycles. The second-order valence-corrected chi connectivity index (χ2v) is 4.02. The molecule has 2 rings (SSSR count). The van der Waals surface area contributed by atoms with Crippen molar-refractivity contribution in [3.05, 3.63) is 22.4 Å². The molecule has 11 heavy (non-hydrogen) atoms. The van der Waals surface area contributed by atoms with E-state index in [0.29, 0.717) is 0 Å². The van der Waals surface area contributed by atoms with Crippen LogP contribution in [0.3, 0.4) is 0 Å². The molecule has 0 amide bonds. The van der Waals surface area contributed by atoms with Crippen LogP contribution in [-0.4, -0.2) is 20.0 Å². The predicted octanol–water partition coefficient (Wildman–Crippen LogP) is 1.49. The summed E-state index contributed by atoms with van der Waals surface area (Å²) in [6.07, 6.45) is 3.53. The van der Waals surface area contributed by atoms with Crippen LogP contribution >= 0.6 is 27.3 Å². The summed E-state index contributed by atoms with van der Waals surface area (Å²) in [5.74, 6) is 0. The highest BCUT2D eigenvalue weighted by Crippen LogP contribution is 2.17. The van der Waals surface area contributed by atoms with E-state index >= 15 is 0 Å². The summed E-state index contributed by atoms with van der Waals surface area (Å²) in [4.78, 5) is 0. The van der Waals surface area contributed by atoms with Crippen LogP contribution in [0.1, 0.15) is 0 Å². The van der Waals surface area contributed by atoms with Gasteiger partial charge in [0.15, 0.2) is 3.92 Å². The van der Waals surface area contributed by atoms with Crippen LogP contribution in [0.25, 0.3) is 5.13 Å². The highest BCUT2D eigenvalue weighted by Gasteiger charge is 2.01. The molecule has 0 spiro atoms. The molecule has 0 bridgehead atoms. The minimum absolute atomic E-state index is 0.766. The van der Waals surface area contributed by atoms with Gasteiger partial charge < -0.3 is 0 Å². The highest BCUT2D eigenvalue weighted by molar-refractivity contribution is 9.11. The summed E-state index contributed by atoms with van der Waals surface area (Å²) in [7, 11) is 0. The fourth-order valence-electron chi connectivity index (χ4n) is 0.673. The van der Waals surface area contributed by atoms with Crippen LogP contribution in [-0.2, 0) is 0 Å². The van der Waals surface area contributed by atoms with Crippen LogP contribution in [0.5, 0.6) is 0 Å². The van der Waals surface area contributed by atoms with Crippen molar-refractivity contribution in [3.8, 4) is 5.13 Å². The Bertz CT molecular complexity index is 341. The maximum absolute atomic E-state index is 4.00. The predicted molar refractivity (Wildman–Crippen MR) is 44.7 cm³/mol. The Kier molecular flexibility index (Phi) is 1.71. The van der Waals surface area contributed by atoms with E-state index in [2.05, 4.69) is 31.2 Å². The molecular weight excluding hydrogens is 228 g/mol. The van der Waals surface area contributed by atoms with E-state index in [4.69, 9.17) is 0 Å². The molecule has 0 radical (unpaired) electrons. The first-order chi connectivity index (χ1) is 5.36. The normalized spacial score (nSPS) is 10.3. The van der Waals surface area contributed by atoms with Gasteiger partial charge in [0, 0.05) is 12.4 Å².